The van der Waals surface area contributed by atoms with Crippen LogP contribution in [0.25, 0.3) is 17.2 Å². The van der Waals surface area contributed by atoms with Gasteiger partial charge in [-0.15, -0.1) is 0 Å². The summed E-state index contributed by atoms with van der Waals surface area (Å²) >= 11 is 1.47. The van der Waals surface area contributed by atoms with Crippen molar-refractivity contribution in [2.75, 3.05) is 13.1 Å². The number of ketones is 1. The van der Waals surface area contributed by atoms with Gasteiger partial charge in [-0.25, -0.2) is 0 Å². The number of aliphatic imine (C=N–C) groups is 1. The van der Waals surface area contributed by atoms with E-state index in [1.807, 2.05) is 54.6 Å². The van der Waals surface area contributed by atoms with Gasteiger partial charge in [0.1, 0.15) is 5.75 Å². The maximum atomic E-state index is 13.9. The van der Waals surface area contributed by atoms with Gasteiger partial charge in [-0.05, 0) is 134 Å². The van der Waals surface area contributed by atoms with Crippen molar-refractivity contribution in [1.82, 2.24) is 4.90 Å². The fourth-order valence-electron chi connectivity index (χ4n) is 9.14. The molecule has 2 heterocycles. The number of rotatable bonds is 5. The zero-order valence-corrected chi connectivity index (χ0v) is 25.8. The number of thioether (sulfide) groups is 1. The number of likely N-dealkylation sites (tertiary alicyclic amines) is 1. The number of phenols is 1. The Morgan fingerprint density at radius 2 is 1.57 bits per heavy atom. The average molecular weight is 603 g/mol. The topological polar surface area (TPSA) is 70.0 Å². The maximum absolute atomic E-state index is 13.9. The fraction of sp³-hybridized carbons (Fsp3) is 0.395. The van der Waals surface area contributed by atoms with Gasteiger partial charge in [0.15, 0.2) is 11.0 Å². The Morgan fingerprint density at radius 1 is 0.864 bits per heavy atom. The molecule has 0 unspecified atom stereocenters. The zero-order valence-electron chi connectivity index (χ0n) is 25.0. The van der Waals surface area contributed by atoms with Crippen LogP contribution >= 0.6 is 11.8 Å². The number of nitrogens with zero attached hydrogens (tertiary/aromatic N) is 2. The molecular formula is C38H38N2O3S. The predicted molar refractivity (Wildman–Crippen MR) is 177 cm³/mol. The molecule has 5 fully saturated rings. The van der Waals surface area contributed by atoms with Crippen LogP contribution in [0.1, 0.15) is 84.8 Å². The first-order valence-electron chi connectivity index (χ1n) is 16.3. The second kappa shape index (κ2) is 11.1. The molecule has 1 saturated heterocycles. The molecule has 0 atom stereocenters. The van der Waals surface area contributed by atoms with E-state index in [-0.39, 0.29) is 22.9 Å². The molecule has 2 aliphatic heterocycles. The van der Waals surface area contributed by atoms with E-state index in [2.05, 4.69) is 28.1 Å². The lowest BCUT2D eigenvalue weighted by molar-refractivity contribution is -0.113. The lowest BCUT2D eigenvalue weighted by atomic mass is 9.48. The molecule has 0 aromatic heterocycles. The van der Waals surface area contributed by atoms with Gasteiger partial charge < -0.3 is 10.0 Å². The fourth-order valence-corrected chi connectivity index (χ4v) is 10.1. The number of carbonyl (C=O) groups excluding carboxylic acids is 2. The van der Waals surface area contributed by atoms with Crippen molar-refractivity contribution in [1.29, 1.82) is 0 Å². The Hall–Kier alpha value is -3.64. The average Bonchev–Trinajstić information content (AvgIpc) is 3.40. The van der Waals surface area contributed by atoms with Gasteiger partial charge in [0.25, 0.3) is 5.91 Å². The number of carbonyl (C=O) groups is 2. The highest BCUT2D eigenvalue weighted by Gasteiger charge is 2.52. The van der Waals surface area contributed by atoms with Gasteiger partial charge in [-0.2, -0.15) is 4.99 Å². The monoisotopic (exact) mass is 602 g/mol. The molecule has 4 aliphatic carbocycles. The minimum Gasteiger partial charge on any atom is -0.507 e. The number of piperidine rings is 1. The minimum atomic E-state index is -0.176. The third kappa shape index (κ3) is 5.01. The highest BCUT2D eigenvalue weighted by molar-refractivity contribution is 8.18. The van der Waals surface area contributed by atoms with Crippen LogP contribution in [0.5, 0.6) is 5.75 Å². The molecule has 6 aliphatic rings. The summed E-state index contributed by atoms with van der Waals surface area (Å²) in [4.78, 5) is 34.0. The van der Waals surface area contributed by atoms with Gasteiger partial charge in [-0.1, -0.05) is 48.5 Å². The maximum Gasteiger partial charge on any atom is 0.286 e. The molecule has 9 rings (SSSR count). The van der Waals surface area contributed by atoms with Gasteiger partial charge in [0, 0.05) is 24.2 Å². The molecule has 1 N–H and O–H groups in total. The van der Waals surface area contributed by atoms with Crippen LogP contribution < -0.4 is 0 Å². The summed E-state index contributed by atoms with van der Waals surface area (Å²) < 4.78 is 0. The number of phenolic OH excluding ortho intramolecular Hbond substituents is 1. The molecule has 224 valence electrons. The number of amidine groups is 1. The standard InChI is InChI=1S/C38H38N2O3S/c41-34(28-9-3-1-4-10-28)31-19-30(20-32(35(31)42)38-21-25-14-26(22-38)16-27(15-25)23-38)29-11-7-8-24(17-29)18-33-36(43)39-37(44-33)40-12-5-2-6-13-40/h1,3-4,7-11,17-20,25-27,42H,2,5-6,12-16,21-23H2. The molecule has 6 heteroatoms. The van der Waals surface area contributed by atoms with E-state index in [1.165, 1.54) is 37.4 Å². The summed E-state index contributed by atoms with van der Waals surface area (Å²) in [6.45, 7) is 1.91. The van der Waals surface area contributed by atoms with E-state index in [4.69, 9.17) is 0 Å². The normalized spacial score (nSPS) is 28.5. The smallest absolute Gasteiger partial charge is 0.286 e. The molecule has 3 aromatic rings. The summed E-state index contributed by atoms with van der Waals surface area (Å²) in [7, 11) is 0. The summed E-state index contributed by atoms with van der Waals surface area (Å²) in [5, 5.41) is 12.7. The zero-order chi connectivity index (χ0) is 29.8. The largest absolute Gasteiger partial charge is 0.507 e. The molecule has 1 amide bonds. The Balaban J connectivity index is 1.18. The van der Waals surface area contributed by atoms with E-state index in [0.717, 1.165) is 72.6 Å². The van der Waals surface area contributed by atoms with E-state index < -0.39 is 0 Å². The first-order valence-corrected chi connectivity index (χ1v) is 17.1. The Kier molecular flexibility index (Phi) is 7.01. The summed E-state index contributed by atoms with van der Waals surface area (Å²) in [6, 6.07) is 21.5. The number of aromatic hydroxyl groups is 1. The van der Waals surface area contributed by atoms with Crippen molar-refractivity contribution in [2.45, 2.75) is 63.2 Å². The summed E-state index contributed by atoms with van der Waals surface area (Å²) in [6.07, 6.45) is 12.7. The lowest BCUT2D eigenvalue weighted by Gasteiger charge is -2.57. The van der Waals surface area contributed by atoms with E-state index in [1.54, 1.807) is 0 Å². The molecule has 4 saturated carbocycles. The lowest BCUT2D eigenvalue weighted by Crippen LogP contribution is -2.48. The van der Waals surface area contributed by atoms with E-state index in [0.29, 0.717) is 33.8 Å². The molecule has 3 aromatic carbocycles. The molecule has 44 heavy (non-hydrogen) atoms. The third-order valence-electron chi connectivity index (χ3n) is 10.8. The second-order valence-corrected chi connectivity index (χ2v) is 14.8. The first-order chi connectivity index (χ1) is 21.4. The van der Waals surface area contributed by atoms with Gasteiger partial charge >= 0.3 is 0 Å². The molecule has 4 bridgehead atoms. The van der Waals surface area contributed by atoms with Crippen LogP contribution in [-0.4, -0.2) is 40.0 Å². The van der Waals surface area contributed by atoms with E-state index >= 15 is 0 Å². The van der Waals surface area contributed by atoms with E-state index in [9.17, 15) is 14.7 Å². The second-order valence-electron chi connectivity index (χ2n) is 13.8. The molecule has 5 nitrogen and oxygen atoms in total. The van der Waals surface area contributed by atoms with Gasteiger partial charge in [0.2, 0.25) is 0 Å². The number of benzene rings is 3. The molecule has 0 radical (unpaired) electrons. The van der Waals surface area contributed by atoms with Crippen LogP contribution in [0.3, 0.4) is 0 Å². The summed E-state index contributed by atoms with van der Waals surface area (Å²) in [5.41, 5.74) is 4.67. The Bertz CT molecular complexity index is 1670. The van der Waals surface area contributed by atoms with Crippen molar-refractivity contribution in [2.24, 2.45) is 22.7 Å². The number of hydrogen-bond acceptors (Lipinski definition) is 5. The summed E-state index contributed by atoms with van der Waals surface area (Å²) in [5.74, 6) is 1.98. The SMILES string of the molecule is O=C1N=C(N2CCCCC2)SC1=Cc1cccc(-c2cc(C(=O)c3ccccc3)c(O)c(C34CC5CC(CC(C5)C3)C4)c2)c1. The van der Waals surface area contributed by atoms with Crippen LogP contribution in [-0.2, 0) is 10.2 Å². The third-order valence-corrected chi connectivity index (χ3v) is 11.8. The number of hydrogen-bond donors (Lipinski definition) is 1. The van der Waals surface area contributed by atoms with Gasteiger partial charge in [-0.3, -0.25) is 9.59 Å². The van der Waals surface area contributed by atoms with Crippen LogP contribution in [0.15, 0.2) is 76.6 Å². The quantitative estimate of drug-likeness (QED) is 0.235. The van der Waals surface area contributed by atoms with Gasteiger partial charge in [0.05, 0.1) is 10.5 Å². The van der Waals surface area contributed by atoms with Crippen molar-refractivity contribution < 1.29 is 14.7 Å². The van der Waals surface area contributed by atoms with Crippen molar-refractivity contribution >= 4 is 34.7 Å². The van der Waals surface area contributed by atoms with Crippen LogP contribution in [0.4, 0.5) is 0 Å². The molecular weight excluding hydrogens is 564 g/mol. The predicted octanol–water partition coefficient (Wildman–Crippen LogP) is 8.21. The van der Waals surface area contributed by atoms with Crippen LogP contribution in [0.2, 0.25) is 0 Å². The number of amides is 1. The minimum absolute atomic E-state index is 0.0742. The highest BCUT2D eigenvalue weighted by atomic mass is 32.2. The highest BCUT2D eigenvalue weighted by Crippen LogP contribution is 2.62. The first kappa shape index (κ1) is 27.9. The van der Waals surface area contributed by atoms with Crippen molar-refractivity contribution in [3.05, 3.63) is 93.9 Å². The van der Waals surface area contributed by atoms with Crippen molar-refractivity contribution in [3.8, 4) is 16.9 Å². The molecule has 0 spiro atoms. The Labute approximate surface area is 263 Å². The van der Waals surface area contributed by atoms with Crippen LogP contribution in [0, 0.1) is 17.8 Å². The Morgan fingerprint density at radius 3 is 2.27 bits per heavy atom. The van der Waals surface area contributed by atoms with Crippen molar-refractivity contribution in [3.63, 3.8) is 0 Å².